The lowest BCUT2D eigenvalue weighted by Crippen LogP contribution is -2.38. The Kier molecular flexibility index (Phi) is 6.41. The highest BCUT2D eigenvalue weighted by molar-refractivity contribution is 4.84. The molecule has 0 bridgehead atoms. The van der Waals surface area contributed by atoms with E-state index in [4.69, 9.17) is 9.47 Å². The lowest BCUT2D eigenvalue weighted by Gasteiger charge is -2.25. The van der Waals surface area contributed by atoms with Crippen LogP contribution in [0, 0.1) is 5.41 Å². The van der Waals surface area contributed by atoms with Crippen molar-refractivity contribution in [1.29, 1.82) is 0 Å². The van der Waals surface area contributed by atoms with Gasteiger partial charge in [0.25, 0.3) is 0 Å². The molecule has 1 heterocycles. The maximum absolute atomic E-state index is 5.33. The van der Waals surface area contributed by atoms with Crippen LogP contribution in [0.25, 0.3) is 0 Å². The van der Waals surface area contributed by atoms with Crippen LogP contribution in [0.2, 0.25) is 0 Å². The molecule has 4 heteroatoms. The lowest BCUT2D eigenvalue weighted by molar-refractivity contribution is 0.117. The van der Waals surface area contributed by atoms with E-state index < -0.39 is 0 Å². The fourth-order valence-electron chi connectivity index (χ4n) is 2.17. The molecule has 2 N–H and O–H groups in total. The number of rotatable bonds is 8. The van der Waals surface area contributed by atoms with Crippen molar-refractivity contribution >= 4 is 0 Å². The number of ether oxygens (including phenoxy) is 2. The van der Waals surface area contributed by atoms with Crippen LogP contribution in [0.1, 0.15) is 26.7 Å². The van der Waals surface area contributed by atoms with Gasteiger partial charge in [0.1, 0.15) is 0 Å². The molecule has 0 aromatic carbocycles. The maximum Gasteiger partial charge on any atom is 0.0711 e. The van der Waals surface area contributed by atoms with E-state index in [-0.39, 0.29) is 0 Å². The van der Waals surface area contributed by atoms with Crippen LogP contribution in [0.4, 0.5) is 0 Å². The molecule has 1 saturated heterocycles. The highest BCUT2D eigenvalue weighted by atomic mass is 16.5. The van der Waals surface area contributed by atoms with Gasteiger partial charge in [0, 0.05) is 46.5 Å². The van der Waals surface area contributed by atoms with Gasteiger partial charge in [-0.25, -0.2) is 0 Å². The quantitative estimate of drug-likeness (QED) is 0.669. The summed E-state index contributed by atoms with van der Waals surface area (Å²) in [4.78, 5) is 0. The highest BCUT2D eigenvalue weighted by Gasteiger charge is 2.24. The van der Waals surface area contributed by atoms with Gasteiger partial charge in [-0.05, 0) is 18.3 Å². The Hall–Kier alpha value is -0.160. The molecule has 0 aromatic heterocycles. The monoisotopic (exact) mass is 244 g/mol. The first-order chi connectivity index (χ1) is 8.07. The Balaban J connectivity index is 2.11. The SMILES string of the molecule is COCCC(C)(C)CNCC1CC(OC)CN1. The summed E-state index contributed by atoms with van der Waals surface area (Å²) in [7, 11) is 3.55. The predicted octanol–water partition coefficient (Wildman–Crippen LogP) is 1.02. The summed E-state index contributed by atoms with van der Waals surface area (Å²) in [6.45, 7) is 8.43. The Bertz CT molecular complexity index is 210. The average Bonchev–Trinajstić information content (AvgIpc) is 2.74. The van der Waals surface area contributed by atoms with Crippen molar-refractivity contribution in [2.75, 3.05) is 40.5 Å². The molecule has 0 saturated carbocycles. The van der Waals surface area contributed by atoms with Gasteiger partial charge in [-0.3, -0.25) is 0 Å². The van der Waals surface area contributed by atoms with E-state index >= 15 is 0 Å². The lowest BCUT2D eigenvalue weighted by atomic mass is 9.89. The fourth-order valence-corrected chi connectivity index (χ4v) is 2.17. The largest absolute Gasteiger partial charge is 0.385 e. The molecule has 0 radical (unpaired) electrons. The van der Waals surface area contributed by atoms with Gasteiger partial charge in [0.05, 0.1) is 6.10 Å². The molecule has 1 rings (SSSR count). The first-order valence-electron chi connectivity index (χ1n) is 6.53. The van der Waals surface area contributed by atoms with Crippen LogP contribution in [0.5, 0.6) is 0 Å². The molecule has 0 aliphatic carbocycles. The van der Waals surface area contributed by atoms with E-state index in [1.54, 1.807) is 14.2 Å². The molecular weight excluding hydrogens is 216 g/mol. The zero-order chi connectivity index (χ0) is 12.7. The zero-order valence-electron chi connectivity index (χ0n) is 11.7. The summed E-state index contributed by atoms with van der Waals surface area (Å²) in [5.74, 6) is 0. The molecule has 2 atom stereocenters. The third-order valence-corrected chi connectivity index (χ3v) is 3.49. The van der Waals surface area contributed by atoms with Crippen molar-refractivity contribution in [3.8, 4) is 0 Å². The van der Waals surface area contributed by atoms with Gasteiger partial charge in [0.2, 0.25) is 0 Å². The van der Waals surface area contributed by atoms with Crippen molar-refractivity contribution < 1.29 is 9.47 Å². The second-order valence-electron chi connectivity index (χ2n) is 5.74. The van der Waals surface area contributed by atoms with E-state index in [1.165, 1.54) is 0 Å². The topological polar surface area (TPSA) is 42.5 Å². The summed E-state index contributed by atoms with van der Waals surface area (Å²) in [5.41, 5.74) is 0.301. The highest BCUT2D eigenvalue weighted by Crippen LogP contribution is 2.18. The van der Waals surface area contributed by atoms with E-state index in [1.807, 2.05) is 0 Å². The minimum Gasteiger partial charge on any atom is -0.385 e. The molecule has 1 aliphatic rings. The van der Waals surface area contributed by atoms with Gasteiger partial charge in [-0.15, -0.1) is 0 Å². The van der Waals surface area contributed by atoms with Crippen LogP contribution in [-0.2, 0) is 9.47 Å². The van der Waals surface area contributed by atoms with Gasteiger partial charge in [0.15, 0.2) is 0 Å². The number of nitrogens with one attached hydrogen (secondary N) is 2. The van der Waals surface area contributed by atoms with Gasteiger partial charge in [-0.2, -0.15) is 0 Å². The molecule has 1 aliphatic heterocycles. The molecule has 0 aromatic rings. The third-order valence-electron chi connectivity index (χ3n) is 3.49. The average molecular weight is 244 g/mol. The minimum absolute atomic E-state index is 0.301. The summed E-state index contributed by atoms with van der Waals surface area (Å²) in [5, 5.41) is 7.02. The van der Waals surface area contributed by atoms with Crippen molar-refractivity contribution in [3.05, 3.63) is 0 Å². The van der Waals surface area contributed by atoms with Crippen LogP contribution >= 0.6 is 0 Å². The molecule has 1 fully saturated rings. The first kappa shape index (κ1) is 14.9. The normalized spacial score (nSPS) is 25.4. The van der Waals surface area contributed by atoms with Crippen LogP contribution in [0.15, 0.2) is 0 Å². The van der Waals surface area contributed by atoms with Crippen molar-refractivity contribution in [2.24, 2.45) is 5.41 Å². The molecule has 0 amide bonds. The van der Waals surface area contributed by atoms with Crippen LogP contribution in [0.3, 0.4) is 0 Å². The number of hydrogen-bond donors (Lipinski definition) is 2. The summed E-state index contributed by atoms with van der Waals surface area (Å²) in [6.07, 6.45) is 2.60. The second-order valence-corrected chi connectivity index (χ2v) is 5.74. The maximum atomic E-state index is 5.33. The third kappa shape index (κ3) is 5.82. The Morgan fingerprint density at radius 3 is 2.71 bits per heavy atom. The van der Waals surface area contributed by atoms with Gasteiger partial charge >= 0.3 is 0 Å². The number of hydrogen-bond acceptors (Lipinski definition) is 4. The smallest absolute Gasteiger partial charge is 0.0711 e. The van der Waals surface area contributed by atoms with Crippen LogP contribution in [-0.4, -0.2) is 52.6 Å². The van der Waals surface area contributed by atoms with E-state index in [2.05, 4.69) is 24.5 Å². The summed E-state index contributed by atoms with van der Waals surface area (Å²) < 4.78 is 10.5. The molecule has 17 heavy (non-hydrogen) atoms. The summed E-state index contributed by atoms with van der Waals surface area (Å²) in [6, 6.07) is 0.554. The Labute approximate surface area is 105 Å². The van der Waals surface area contributed by atoms with E-state index in [0.29, 0.717) is 17.6 Å². The van der Waals surface area contributed by atoms with Gasteiger partial charge in [-0.1, -0.05) is 13.8 Å². The predicted molar refractivity (Wildman–Crippen MR) is 70.3 cm³/mol. The standard InChI is InChI=1S/C13H28N2O2/c1-13(2,5-6-16-3)10-14-8-11-7-12(17-4)9-15-11/h11-12,14-15H,5-10H2,1-4H3. The van der Waals surface area contributed by atoms with Crippen molar-refractivity contribution in [1.82, 2.24) is 10.6 Å². The summed E-state index contributed by atoms with van der Waals surface area (Å²) >= 11 is 0. The fraction of sp³-hybridized carbons (Fsp3) is 1.00. The second kappa shape index (κ2) is 7.31. The Morgan fingerprint density at radius 2 is 2.12 bits per heavy atom. The molecule has 4 nitrogen and oxygen atoms in total. The molecule has 2 unspecified atom stereocenters. The molecular formula is C13H28N2O2. The molecule has 102 valence electrons. The first-order valence-corrected chi connectivity index (χ1v) is 6.53. The number of methoxy groups -OCH3 is 2. The Morgan fingerprint density at radius 1 is 1.35 bits per heavy atom. The van der Waals surface area contributed by atoms with E-state index in [9.17, 15) is 0 Å². The van der Waals surface area contributed by atoms with Crippen molar-refractivity contribution in [2.45, 2.75) is 38.8 Å². The zero-order valence-corrected chi connectivity index (χ0v) is 11.7. The minimum atomic E-state index is 0.301. The van der Waals surface area contributed by atoms with E-state index in [0.717, 1.165) is 39.1 Å². The van der Waals surface area contributed by atoms with Crippen molar-refractivity contribution in [3.63, 3.8) is 0 Å². The molecule has 0 spiro atoms. The van der Waals surface area contributed by atoms with Crippen LogP contribution < -0.4 is 10.6 Å². The van der Waals surface area contributed by atoms with Gasteiger partial charge < -0.3 is 20.1 Å².